The summed E-state index contributed by atoms with van der Waals surface area (Å²) in [4.78, 5) is 9.43. The zero-order valence-electron chi connectivity index (χ0n) is 9.96. The van der Waals surface area contributed by atoms with Crippen LogP contribution in [-0.4, -0.2) is 18.4 Å². The standard InChI is InChI=1S/C12H9NO6S/c14-10-6-2-3-7-11(10)19-20(17,18)12-8-4-1-5-9(12)13(15)16/h1-8,14H. The Hall–Kier alpha value is -2.61. The zero-order valence-corrected chi connectivity index (χ0v) is 10.8. The quantitative estimate of drug-likeness (QED) is 0.525. The van der Waals surface area contributed by atoms with E-state index in [-0.39, 0.29) is 11.5 Å². The number of para-hydroxylation sites is 3. The molecule has 0 aliphatic heterocycles. The highest BCUT2D eigenvalue weighted by atomic mass is 32.2. The van der Waals surface area contributed by atoms with Gasteiger partial charge < -0.3 is 9.29 Å². The Balaban J connectivity index is 2.47. The van der Waals surface area contributed by atoms with Crippen LogP contribution in [0.5, 0.6) is 11.5 Å². The Morgan fingerprint density at radius 1 is 1.05 bits per heavy atom. The van der Waals surface area contributed by atoms with Crippen LogP contribution in [0.4, 0.5) is 5.69 Å². The van der Waals surface area contributed by atoms with Crippen molar-refractivity contribution in [2.75, 3.05) is 0 Å². The smallest absolute Gasteiger partial charge is 0.346 e. The Kier molecular flexibility index (Phi) is 3.57. The lowest BCUT2D eigenvalue weighted by Crippen LogP contribution is -2.12. The van der Waals surface area contributed by atoms with Gasteiger partial charge in [0.1, 0.15) is 0 Å². The molecule has 0 heterocycles. The number of rotatable bonds is 4. The lowest BCUT2D eigenvalue weighted by molar-refractivity contribution is -0.387. The van der Waals surface area contributed by atoms with E-state index >= 15 is 0 Å². The van der Waals surface area contributed by atoms with Gasteiger partial charge in [0.2, 0.25) is 0 Å². The lowest BCUT2D eigenvalue weighted by Gasteiger charge is -2.08. The van der Waals surface area contributed by atoms with Crippen molar-refractivity contribution in [1.82, 2.24) is 0 Å². The van der Waals surface area contributed by atoms with Gasteiger partial charge in [-0.2, -0.15) is 8.42 Å². The number of phenols is 1. The van der Waals surface area contributed by atoms with E-state index in [1.165, 1.54) is 36.4 Å². The fraction of sp³-hybridized carbons (Fsp3) is 0. The molecule has 0 saturated heterocycles. The highest BCUT2D eigenvalue weighted by molar-refractivity contribution is 7.87. The second kappa shape index (κ2) is 5.17. The molecule has 0 spiro atoms. The minimum Gasteiger partial charge on any atom is -0.504 e. The van der Waals surface area contributed by atoms with Crippen LogP contribution in [-0.2, 0) is 10.1 Å². The van der Waals surface area contributed by atoms with Crippen molar-refractivity contribution >= 4 is 15.8 Å². The Labute approximate surface area is 114 Å². The minimum atomic E-state index is -4.41. The van der Waals surface area contributed by atoms with Crippen molar-refractivity contribution < 1.29 is 22.6 Å². The van der Waals surface area contributed by atoms with E-state index in [4.69, 9.17) is 4.18 Å². The van der Waals surface area contributed by atoms with Crippen LogP contribution in [0.15, 0.2) is 53.4 Å². The first-order valence-corrected chi connectivity index (χ1v) is 6.78. The molecule has 8 heteroatoms. The molecule has 0 aliphatic carbocycles. The molecule has 2 rings (SSSR count). The summed E-state index contributed by atoms with van der Waals surface area (Å²) in [6.45, 7) is 0. The van der Waals surface area contributed by atoms with E-state index in [9.17, 15) is 23.6 Å². The van der Waals surface area contributed by atoms with Gasteiger partial charge in [-0.3, -0.25) is 10.1 Å². The Morgan fingerprint density at radius 2 is 1.65 bits per heavy atom. The van der Waals surface area contributed by atoms with Crippen molar-refractivity contribution in [2.45, 2.75) is 4.90 Å². The van der Waals surface area contributed by atoms with Gasteiger partial charge >= 0.3 is 10.1 Å². The molecule has 0 radical (unpaired) electrons. The third-order valence-corrected chi connectivity index (χ3v) is 3.68. The Bertz CT molecular complexity index is 756. The summed E-state index contributed by atoms with van der Waals surface area (Å²) >= 11 is 0. The topological polar surface area (TPSA) is 107 Å². The van der Waals surface area contributed by atoms with Crippen molar-refractivity contribution in [3.05, 3.63) is 58.6 Å². The number of aromatic hydroxyl groups is 1. The van der Waals surface area contributed by atoms with E-state index in [0.29, 0.717) is 0 Å². The van der Waals surface area contributed by atoms with E-state index in [2.05, 4.69) is 0 Å². The summed E-state index contributed by atoms with van der Waals surface area (Å²) in [6, 6.07) is 10.2. The third kappa shape index (κ3) is 2.69. The van der Waals surface area contributed by atoms with Crippen LogP contribution >= 0.6 is 0 Å². The average molecular weight is 295 g/mol. The van der Waals surface area contributed by atoms with Crippen molar-refractivity contribution in [2.24, 2.45) is 0 Å². The highest BCUT2D eigenvalue weighted by Crippen LogP contribution is 2.30. The van der Waals surface area contributed by atoms with E-state index < -0.39 is 25.6 Å². The molecule has 0 amide bonds. The molecule has 2 aromatic carbocycles. The second-order valence-electron chi connectivity index (χ2n) is 3.73. The van der Waals surface area contributed by atoms with Crippen LogP contribution in [0.3, 0.4) is 0 Å². The fourth-order valence-corrected chi connectivity index (χ4v) is 2.62. The van der Waals surface area contributed by atoms with Crippen molar-refractivity contribution in [3.8, 4) is 11.5 Å². The van der Waals surface area contributed by atoms with Crippen LogP contribution in [0.1, 0.15) is 0 Å². The molecule has 0 atom stereocenters. The molecule has 0 fully saturated rings. The van der Waals surface area contributed by atoms with Crippen LogP contribution < -0.4 is 4.18 Å². The molecule has 0 aromatic heterocycles. The number of nitro groups is 1. The molecule has 0 aliphatic rings. The van der Waals surface area contributed by atoms with Gasteiger partial charge in [-0.15, -0.1) is 0 Å². The molecule has 0 saturated carbocycles. The third-order valence-electron chi connectivity index (χ3n) is 2.40. The number of benzene rings is 2. The maximum absolute atomic E-state index is 12.0. The maximum atomic E-state index is 12.0. The number of nitrogens with zero attached hydrogens (tertiary/aromatic N) is 1. The SMILES string of the molecule is O=[N+]([O-])c1ccccc1S(=O)(=O)Oc1ccccc1O. The molecule has 20 heavy (non-hydrogen) atoms. The molecule has 1 N–H and O–H groups in total. The summed E-state index contributed by atoms with van der Waals surface area (Å²) in [5.41, 5.74) is -0.595. The van der Waals surface area contributed by atoms with Crippen LogP contribution in [0.25, 0.3) is 0 Å². The second-order valence-corrected chi connectivity index (χ2v) is 5.24. The predicted octanol–water partition coefficient (Wildman–Crippen LogP) is 2.07. The van der Waals surface area contributed by atoms with Crippen LogP contribution in [0, 0.1) is 10.1 Å². The van der Waals surface area contributed by atoms with Gasteiger partial charge in [-0.25, -0.2) is 0 Å². The highest BCUT2D eigenvalue weighted by Gasteiger charge is 2.27. The number of nitro benzene ring substituents is 1. The zero-order chi connectivity index (χ0) is 14.8. The lowest BCUT2D eigenvalue weighted by atomic mass is 10.3. The number of phenolic OH excluding ortho intramolecular Hbond substituents is 1. The largest absolute Gasteiger partial charge is 0.504 e. The van der Waals surface area contributed by atoms with Gasteiger partial charge in [-0.1, -0.05) is 24.3 Å². The summed E-state index contributed by atoms with van der Waals surface area (Å²) in [5.74, 6) is -0.680. The predicted molar refractivity (Wildman–Crippen MR) is 69.0 cm³/mol. The Morgan fingerprint density at radius 3 is 2.30 bits per heavy atom. The first-order chi connectivity index (χ1) is 9.42. The molecule has 0 unspecified atom stereocenters. The van der Waals surface area contributed by atoms with Crippen LogP contribution in [0.2, 0.25) is 0 Å². The fourth-order valence-electron chi connectivity index (χ4n) is 1.51. The molecule has 0 bridgehead atoms. The molecular weight excluding hydrogens is 286 g/mol. The average Bonchev–Trinajstić information content (AvgIpc) is 2.41. The molecule has 104 valence electrons. The molecule has 2 aromatic rings. The number of hydrogen-bond acceptors (Lipinski definition) is 6. The van der Waals surface area contributed by atoms with E-state index in [1.807, 2.05) is 0 Å². The summed E-state index contributed by atoms with van der Waals surface area (Å²) in [7, 11) is -4.41. The van der Waals surface area contributed by atoms with E-state index in [1.54, 1.807) is 0 Å². The summed E-state index contributed by atoms with van der Waals surface area (Å²) in [5, 5.41) is 20.3. The molecular formula is C12H9NO6S. The molecule has 7 nitrogen and oxygen atoms in total. The van der Waals surface area contributed by atoms with Gasteiger partial charge in [0, 0.05) is 6.07 Å². The van der Waals surface area contributed by atoms with Gasteiger partial charge in [0.15, 0.2) is 16.4 Å². The normalized spacial score (nSPS) is 11.0. The van der Waals surface area contributed by atoms with Crippen molar-refractivity contribution in [1.29, 1.82) is 0 Å². The monoisotopic (exact) mass is 295 g/mol. The number of hydrogen-bond donors (Lipinski definition) is 1. The summed E-state index contributed by atoms with van der Waals surface area (Å²) in [6.07, 6.45) is 0. The van der Waals surface area contributed by atoms with Gasteiger partial charge in [0.25, 0.3) is 5.69 Å². The first-order valence-electron chi connectivity index (χ1n) is 5.38. The van der Waals surface area contributed by atoms with Gasteiger partial charge in [-0.05, 0) is 18.2 Å². The minimum absolute atomic E-state index is 0.300. The van der Waals surface area contributed by atoms with E-state index in [0.717, 1.165) is 12.1 Å². The van der Waals surface area contributed by atoms with Gasteiger partial charge in [0.05, 0.1) is 4.92 Å². The van der Waals surface area contributed by atoms with Crippen molar-refractivity contribution in [3.63, 3.8) is 0 Å². The first kappa shape index (κ1) is 13.8. The maximum Gasteiger partial charge on any atom is 0.346 e. The summed E-state index contributed by atoms with van der Waals surface area (Å²) < 4.78 is 28.8.